The summed E-state index contributed by atoms with van der Waals surface area (Å²) in [6, 6.07) is 9.35. The molecule has 2 heterocycles. The van der Waals surface area contributed by atoms with Gasteiger partial charge < -0.3 is 10.1 Å². The van der Waals surface area contributed by atoms with Crippen molar-refractivity contribution in [1.82, 2.24) is 24.9 Å². The van der Waals surface area contributed by atoms with E-state index in [-0.39, 0.29) is 17.9 Å². The molecule has 1 saturated carbocycles. The van der Waals surface area contributed by atoms with E-state index >= 15 is 0 Å². The Balaban J connectivity index is 1.55. The van der Waals surface area contributed by atoms with Crippen molar-refractivity contribution in [1.29, 1.82) is 0 Å². The summed E-state index contributed by atoms with van der Waals surface area (Å²) < 4.78 is 6.81. The first-order valence-corrected chi connectivity index (χ1v) is 8.72. The minimum atomic E-state index is -0.236. The molecule has 0 aliphatic heterocycles. The molecule has 2 aromatic heterocycles. The molecule has 134 valence electrons. The molecule has 1 aromatic carbocycles. The molecule has 3 atom stereocenters. The second-order valence-electron chi connectivity index (χ2n) is 6.83. The maximum atomic E-state index is 12.1. The van der Waals surface area contributed by atoms with Crippen LogP contribution in [0.5, 0.6) is 5.75 Å². The molecule has 26 heavy (non-hydrogen) atoms. The molecule has 4 rings (SSSR count). The number of carbonyl (C=O) groups is 1. The van der Waals surface area contributed by atoms with Gasteiger partial charge in [-0.15, -0.1) is 5.10 Å². The predicted molar refractivity (Wildman–Crippen MR) is 96.6 cm³/mol. The fourth-order valence-corrected chi connectivity index (χ4v) is 2.99. The number of fused-ring (bicyclic) bond motifs is 1. The van der Waals surface area contributed by atoms with Crippen LogP contribution in [0.4, 0.5) is 0 Å². The van der Waals surface area contributed by atoms with Gasteiger partial charge in [-0.05, 0) is 43.5 Å². The number of amides is 1. The van der Waals surface area contributed by atoms with Crippen LogP contribution in [0.1, 0.15) is 32.1 Å². The standard InChI is InChI=1S/C19H21N5O2/c1-11-8-15(11)19(25)21-12(2)18-22-17-9-16(20-10-24(17)23-18)13-4-6-14(26-3)7-5-13/h4-7,9-12,15H,8H2,1-3H3,(H,21,25)/t11-,12-,15-/m0/s1. The van der Waals surface area contributed by atoms with E-state index in [1.165, 1.54) is 0 Å². The lowest BCUT2D eigenvalue weighted by molar-refractivity contribution is -0.123. The lowest BCUT2D eigenvalue weighted by Gasteiger charge is -2.09. The number of aromatic nitrogens is 4. The Morgan fingerprint density at radius 3 is 2.73 bits per heavy atom. The summed E-state index contributed by atoms with van der Waals surface area (Å²) in [4.78, 5) is 21.1. The van der Waals surface area contributed by atoms with E-state index in [4.69, 9.17) is 4.74 Å². The van der Waals surface area contributed by atoms with Crippen LogP contribution in [0, 0.1) is 11.8 Å². The number of nitrogens with one attached hydrogen (secondary N) is 1. The average molecular weight is 351 g/mol. The SMILES string of the molecule is COc1ccc(-c2cc3nc([C@H](C)NC(=O)[C@H]4C[C@@H]4C)nn3cn2)cc1. The highest BCUT2D eigenvalue weighted by Gasteiger charge is 2.39. The molecule has 1 aliphatic rings. The molecule has 7 heteroatoms. The molecule has 0 bridgehead atoms. The molecule has 0 radical (unpaired) electrons. The molecule has 0 unspecified atom stereocenters. The van der Waals surface area contributed by atoms with Gasteiger partial charge >= 0.3 is 0 Å². The number of benzene rings is 1. The van der Waals surface area contributed by atoms with E-state index in [0.717, 1.165) is 23.4 Å². The largest absolute Gasteiger partial charge is 0.497 e. The molecule has 1 amide bonds. The topological polar surface area (TPSA) is 81.4 Å². The second-order valence-corrected chi connectivity index (χ2v) is 6.83. The maximum absolute atomic E-state index is 12.1. The predicted octanol–water partition coefficient (Wildman–Crippen LogP) is 2.63. The fraction of sp³-hybridized carbons (Fsp3) is 0.368. The van der Waals surface area contributed by atoms with Gasteiger partial charge in [-0.2, -0.15) is 0 Å². The summed E-state index contributed by atoms with van der Waals surface area (Å²) in [7, 11) is 1.64. The summed E-state index contributed by atoms with van der Waals surface area (Å²) in [5.74, 6) is 2.08. The minimum Gasteiger partial charge on any atom is -0.497 e. The molecule has 3 aromatic rings. The first kappa shape index (κ1) is 16.5. The Bertz CT molecular complexity index is 950. The molecule has 1 aliphatic carbocycles. The third-order valence-electron chi connectivity index (χ3n) is 4.82. The molecule has 0 spiro atoms. The third kappa shape index (κ3) is 3.12. The van der Waals surface area contributed by atoms with E-state index in [2.05, 4.69) is 27.3 Å². The quantitative estimate of drug-likeness (QED) is 0.764. The van der Waals surface area contributed by atoms with Gasteiger partial charge in [0, 0.05) is 17.5 Å². The van der Waals surface area contributed by atoms with Crippen molar-refractivity contribution in [2.24, 2.45) is 11.8 Å². The molecular weight excluding hydrogens is 330 g/mol. The van der Waals surface area contributed by atoms with Crippen LogP contribution >= 0.6 is 0 Å². The minimum absolute atomic E-state index is 0.0842. The highest BCUT2D eigenvalue weighted by molar-refractivity contribution is 5.81. The Kier molecular flexibility index (Phi) is 4.06. The van der Waals surface area contributed by atoms with Crippen LogP contribution in [0.25, 0.3) is 16.9 Å². The number of methoxy groups -OCH3 is 1. The summed E-state index contributed by atoms with van der Waals surface area (Å²) >= 11 is 0. The van der Waals surface area contributed by atoms with Crippen molar-refractivity contribution in [3.63, 3.8) is 0 Å². The fourth-order valence-electron chi connectivity index (χ4n) is 2.99. The van der Waals surface area contributed by atoms with Crippen LogP contribution in [0.2, 0.25) is 0 Å². The van der Waals surface area contributed by atoms with Gasteiger partial charge in [0.1, 0.15) is 12.1 Å². The average Bonchev–Trinajstić information content (AvgIpc) is 3.24. The van der Waals surface area contributed by atoms with Gasteiger partial charge in [-0.1, -0.05) is 6.92 Å². The van der Waals surface area contributed by atoms with Crippen molar-refractivity contribution >= 4 is 11.6 Å². The van der Waals surface area contributed by atoms with E-state index in [9.17, 15) is 4.79 Å². The van der Waals surface area contributed by atoms with Crippen LogP contribution in [-0.4, -0.2) is 32.6 Å². The first-order chi connectivity index (χ1) is 12.5. The lowest BCUT2D eigenvalue weighted by atomic mass is 10.1. The zero-order valence-corrected chi connectivity index (χ0v) is 15.0. The highest BCUT2D eigenvalue weighted by atomic mass is 16.5. The maximum Gasteiger partial charge on any atom is 0.223 e. The number of hydrogen-bond acceptors (Lipinski definition) is 5. The monoisotopic (exact) mass is 351 g/mol. The van der Waals surface area contributed by atoms with Crippen molar-refractivity contribution in [2.75, 3.05) is 7.11 Å². The van der Waals surface area contributed by atoms with Gasteiger partial charge in [-0.25, -0.2) is 14.5 Å². The third-order valence-corrected chi connectivity index (χ3v) is 4.82. The normalized spacial score (nSPS) is 20.0. The Morgan fingerprint density at radius 2 is 2.08 bits per heavy atom. The lowest BCUT2D eigenvalue weighted by Crippen LogP contribution is -2.29. The van der Waals surface area contributed by atoms with E-state index < -0.39 is 0 Å². The van der Waals surface area contributed by atoms with E-state index in [0.29, 0.717) is 17.4 Å². The number of nitrogens with zero attached hydrogens (tertiary/aromatic N) is 4. The highest BCUT2D eigenvalue weighted by Crippen LogP contribution is 2.38. The molecule has 0 saturated heterocycles. The van der Waals surface area contributed by atoms with Crippen LogP contribution < -0.4 is 10.1 Å². The van der Waals surface area contributed by atoms with Crippen molar-refractivity contribution < 1.29 is 9.53 Å². The van der Waals surface area contributed by atoms with E-state index in [1.807, 2.05) is 37.3 Å². The van der Waals surface area contributed by atoms with Crippen LogP contribution in [-0.2, 0) is 4.79 Å². The van der Waals surface area contributed by atoms with Crippen molar-refractivity contribution in [3.8, 4) is 17.0 Å². The van der Waals surface area contributed by atoms with Crippen molar-refractivity contribution in [3.05, 3.63) is 42.5 Å². The van der Waals surface area contributed by atoms with E-state index in [1.54, 1.807) is 18.0 Å². The Labute approximate surface area is 151 Å². The zero-order valence-electron chi connectivity index (χ0n) is 15.0. The van der Waals surface area contributed by atoms with Gasteiger partial charge in [0.25, 0.3) is 0 Å². The zero-order chi connectivity index (χ0) is 18.3. The van der Waals surface area contributed by atoms with Crippen LogP contribution in [0.3, 0.4) is 0 Å². The molecule has 1 N–H and O–H groups in total. The number of carbonyl (C=O) groups excluding carboxylic acids is 1. The first-order valence-electron chi connectivity index (χ1n) is 8.72. The Hall–Kier alpha value is -2.96. The summed E-state index contributed by atoms with van der Waals surface area (Å²) in [6.45, 7) is 3.99. The van der Waals surface area contributed by atoms with Crippen molar-refractivity contribution in [2.45, 2.75) is 26.3 Å². The van der Waals surface area contributed by atoms with Gasteiger partial charge in [0.15, 0.2) is 11.5 Å². The number of ether oxygens (including phenoxy) is 1. The molecular formula is C19H21N5O2. The molecule has 7 nitrogen and oxygen atoms in total. The van der Waals surface area contributed by atoms with Crippen LogP contribution in [0.15, 0.2) is 36.7 Å². The second kappa shape index (κ2) is 6.40. The number of hydrogen-bond donors (Lipinski definition) is 1. The summed E-state index contributed by atoms with van der Waals surface area (Å²) in [6.07, 6.45) is 2.61. The van der Waals surface area contributed by atoms with Gasteiger partial charge in [-0.3, -0.25) is 4.79 Å². The number of rotatable bonds is 5. The Morgan fingerprint density at radius 1 is 1.35 bits per heavy atom. The van der Waals surface area contributed by atoms with Gasteiger partial charge in [0.2, 0.25) is 5.91 Å². The summed E-state index contributed by atoms with van der Waals surface area (Å²) in [5, 5.41) is 7.43. The molecule has 1 fully saturated rings. The van der Waals surface area contributed by atoms with Gasteiger partial charge in [0.05, 0.1) is 18.8 Å². The smallest absolute Gasteiger partial charge is 0.223 e. The summed E-state index contributed by atoms with van der Waals surface area (Å²) in [5.41, 5.74) is 2.48.